The van der Waals surface area contributed by atoms with E-state index < -0.39 is 5.97 Å². The van der Waals surface area contributed by atoms with Crippen molar-refractivity contribution < 1.29 is 14.3 Å². The van der Waals surface area contributed by atoms with Crippen LogP contribution in [0.2, 0.25) is 0 Å². The lowest BCUT2D eigenvalue weighted by Crippen LogP contribution is -1.98. The zero-order chi connectivity index (χ0) is 13.4. The van der Waals surface area contributed by atoms with Gasteiger partial charge in [0.25, 0.3) is 0 Å². The molecule has 0 fully saturated rings. The topological polar surface area (TPSA) is 50.4 Å². The minimum Gasteiger partial charge on any atom is -0.478 e. The van der Waals surface area contributed by atoms with Crippen LogP contribution in [0.15, 0.2) is 57.4 Å². The minimum absolute atomic E-state index is 0.216. The molecule has 1 heterocycles. The smallest absolute Gasteiger partial charge is 0.336 e. The quantitative estimate of drug-likeness (QED) is 0.754. The Balaban J connectivity index is 2.23. The summed E-state index contributed by atoms with van der Waals surface area (Å²) in [5, 5.41) is 10.2. The van der Waals surface area contributed by atoms with E-state index in [1.807, 2.05) is 30.3 Å². The molecule has 2 aromatic carbocycles. The molecular formula is C15H9BrO3. The standard InChI is InChI=1S/C15H9BrO3/c16-10-5-6-11(12(8-10)15(17)18)14-7-9-3-1-2-4-13(9)19-14/h1-8H,(H,17,18). The molecule has 0 bridgehead atoms. The van der Waals surface area contributed by atoms with Crippen molar-refractivity contribution in [3.05, 3.63) is 58.6 Å². The Kier molecular flexibility index (Phi) is 2.87. The van der Waals surface area contributed by atoms with Crippen LogP contribution in [0.1, 0.15) is 10.4 Å². The number of furan rings is 1. The highest BCUT2D eigenvalue weighted by atomic mass is 79.9. The van der Waals surface area contributed by atoms with Crippen LogP contribution in [0.4, 0.5) is 0 Å². The van der Waals surface area contributed by atoms with Gasteiger partial charge in [0.1, 0.15) is 11.3 Å². The van der Waals surface area contributed by atoms with Crippen LogP contribution in [0.3, 0.4) is 0 Å². The summed E-state index contributed by atoms with van der Waals surface area (Å²) < 4.78 is 6.43. The van der Waals surface area contributed by atoms with Crippen molar-refractivity contribution in [2.24, 2.45) is 0 Å². The SMILES string of the molecule is O=C(O)c1cc(Br)ccc1-c1cc2ccccc2o1. The van der Waals surface area contributed by atoms with Crippen molar-refractivity contribution in [3.8, 4) is 11.3 Å². The van der Waals surface area contributed by atoms with Gasteiger partial charge in [0.15, 0.2) is 0 Å². The molecule has 0 saturated heterocycles. The van der Waals surface area contributed by atoms with E-state index >= 15 is 0 Å². The van der Waals surface area contributed by atoms with Gasteiger partial charge in [-0.15, -0.1) is 0 Å². The van der Waals surface area contributed by atoms with Gasteiger partial charge in [-0.05, 0) is 30.3 Å². The molecule has 0 saturated carbocycles. The van der Waals surface area contributed by atoms with E-state index in [-0.39, 0.29) is 5.56 Å². The summed E-state index contributed by atoms with van der Waals surface area (Å²) in [4.78, 5) is 11.3. The van der Waals surface area contributed by atoms with Crippen LogP contribution in [0.5, 0.6) is 0 Å². The molecule has 0 amide bonds. The van der Waals surface area contributed by atoms with Crippen molar-refractivity contribution in [2.75, 3.05) is 0 Å². The fourth-order valence-electron chi connectivity index (χ4n) is 2.02. The number of halogens is 1. The highest BCUT2D eigenvalue weighted by molar-refractivity contribution is 9.10. The van der Waals surface area contributed by atoms with Gasteiger partial charge >= 0.3 is 5.97 Å². The van der Waals surface area contributed by atoms with Crippen LogP contribution in [0, 0.1) is 0 Å². The lowest BCUT2D eigenvalue weighted by molar-refractivity contribution is 0.0697. The fourth-order valence-corrected chi connectivity index (χ4v) is 2.38. The first-order chi connectivity index (χ1) is 9.15. The summed E-state index contributed by atoms with van der Waals surface area (Å²) in [6.45, 7) is 0. The third-order valence-electron chi connectivity index (χ3n) is 2.90. The highest BCUT2D eigenvalue weighted by Crippen LogP contribution is 2.31. The van der Waals surface area contributed by atoms with E-state index in [1.165, 1.54) is 0 Å². The molecule has 0 unspecified atom stereocenters. The first-order valence-electron chi connectivity index (χ1n) is 5.67. The Morgan fingerprint density at radius 1 is 1.11 bits per heavy atom. The number of fused-ring (bicyclic) bond motifs is 1. The maximum absolute atomic E-state index is 11.3. The second-order valence-electron chi connectivity index (χ2n) is 4.14. The average molecular weight is 317 g/mol. The molecule has 0 spiro atoms. The minimum atomic E-state index is -0.975. The number of carboxylic acid groups (broad SMARTS) is 1. The number of hydrogen-bond acceptors (Lipinski definition) is 2. The summed E-state index contributed by atoms with van der Waals surface area (Å²) in [6.07, 6.45) is 0. The lowest BCUT2D eigenvalue weighted by Gasteiger charge is -2.03. The van der Waals surface area contributed by atoms with Crippen LogP contribution in [-0.4, -0.2) is 11.1 Å². The summed E-state index contributed by atoms with van der Waals surface area (Å²) in [5.74, 6) is -0.414. The maximum Gasteiger partial charge on any atom is 0.336 e. The first-order valence-corrected chi connectivity index (χ1v) is 6.46. The summed E-state index contributed by atoms with van der Waals surface area (Å²) in [7, 11) is 0. The predicted octanol–water partition coefficient (Wildman–Crippen LogP) is 4.56. The monoisotopic (exact) mass is 316 g/mol. The molecule has 0 aliphatic carbocycles. The van der Waals surface area contributed by atoms with E-state index in [0.717, 1.165) is 15.4 Å². The second kappa shape index (κ2) is 4.55. The zero-order valence-corrected chi connectivity index (χ0v) is 11.3. The number of carboxylic acids is 1. The summed E-state index contributed by atoms with van der Waals surface area (Å²) in [6, 6.07) is 14.6. The Bertz CT molecular complexity index is 741. The molecule has 19 heavy (non-hydrogen) atoms. The van der Waals surface area contributed by atoms with Crippen molar-refractivity contribution in [1.82, 2.24) is 0 Å². The number of rotatable bonds is 2. The molecule has 4 heteroatoms. The molecule has 3 rings (SSSR count). The van der Waals surface area contributed by atoms with Crippen molar-refractivity contribution in [3.63, 3.8) is 0 Å². The zero-order valence-electron chi connectivity index (χ0n) is 9.76. The van der Waals surface area contributed by atoms with Crippen LogP contribution < -0.4 is 0 Å². The second-order valence-corrected chi connectivity index (χ2v) is 5.06. The Hall–Kier alpha value is -2.07. The van der Waals surface area contributed by atoms with Crippen LogP contribution in [0.25, 0.3) is 22.3 Å². The van der Waals surface area contributed by atoms with Gasteiger partial charge in [0, 0.05) is 15.4 Å². The van der Waals surface area contributed by atoms with Gasteiger partial charge in [-0.2, -0.15) is 0 Å². The molecule has 0 aliphatic heterocycles. The van der Waals surface area contributed by atoms with Gasteiger partial charge in [-0.1, -0.05) is 34.1 Å². The van der Waals surface area contributed by atoms with E-state index in [4.69, 9.17) is 4.42 Å². The number of para-hydroxylation sites is 1. The highest BCUT2D eigenvalue weighted by Gasteiger charge is 2.15. The fraction of sp³-hybridized carbons (Fsp3) is 0. The van der Waals surface area contributed by atoms with Crippen molar-refractivity contribution in [1.29, 1.82) is 0 Å². The van der Waals surface area contributed by atoms with Crippen LogP contribution in [-0.2, 0) is 0 Å². The van der Waals surface area contributed by atoms with Gasteiger partial charge in [-0.3, -0.25) is 0 Å². The van der Waals surface area contributed by atoms with Crippen molar-refractivity contribution in [2.45, 2.75) is 0 Å². The molecule has 1 N–H and O–H groups in total. The molecule has 0 radical (unpaired) electrons. The van der Waals surface area contributed by atoms with E-state index in [0.29, 0.717) is 11.3 Å². The number of benzene rings is 2. The van der Waals surface area contributed by atoms with Gasteiger partial charge in [0.05, 0.1) is 5.56 Å². The Labute approximate surface area is 117 Å². The third-order valence-corrected chi connectivity index (χ3v) is 3.40. The lowest BCUT2D eigenvalue weighted by atomic mass is 10.1. The molecule has 94 valence electrons. The Morgan fingerprint density at radius 2 is 1.89 bits per heavy atom. The predicted molar refractivity (Wildman–Crippen MR) is 76.3 cm³/mol. The van der Waals surface area contributed by atoms with E-state index in [1.54, 1.807) is 18.2 Å². The number of hydrogen-bond donors (Lipinski definition) is 1. The Morgan fingerprint density at radius 3 is 2.63 bits per heavy atom. The normalized spacial score (nSPS) is 10.8. The van der Waals surface area contributed by atoms with Gasteiger partial charge in [0.2, 0.25) is 0 Å². The summed E-state index contributed by atoms with van der Waals surface area (Å²) >= 11 is 3.28. The van der Waals surface area contributed by atoms with Gasteiger partial charge in [-0.25, -0.2) is 4.79 Å². The molecule has 1 aromatic heterocycles. The number of carbonyl (C=O) groups is 1. The van der Waals surface area contributed by atoms with Crippen LogP contribution >= 0.6 is 15.9 Å². The van der Waals surface area contributed by atoms with Crippen molar-refractivity contribution >= 4 is 32.9 Å². The van der Waals surface area contributed by atoms with Gasteiger partial charge < -0.3 is 9.52 Å². The number of aromatic carboxylic acids is 1. The molecule has 0 aliphatic rings. The first kappa shape index (κ1) is 12.0. The molecule has 3 aromatic rings. The average Bonchev–Trinajstić information content (AvgIpc) is 2.82. The van der Waals surface area contributed by atoms with E-state index in [9.17, 15) is 9.90 Å². The van der Waals surface area contributed by atoms with E-state index in [2.05, 4.69) is 15.9 Å². The third kappa shape index (κ3) is 2.15. The molecule has 3 nitrogen and oxygen atoms in total. The molecular weight excluding hydrogens is 308 g/mol. The summed E-state index contributed by atoms with van der Waals surface area (Å²) in [5.41, 5.74) is 1.54. The largest absolute Gasteiger partial charge is 0.478 e. The maximum atomic E-state index is 11.3. The molecule has 0 atom stereocenters.